The molecule has 0 aliphatic carbocycles. The van der Waals surface area contributed by atoms with E-state index in [1.807, 2.05) is 19.1 Å². The monoisotopic (exact) mass is 434 g/mol. The fraction of sp³-hybridized carbons (Fsp3) is 0.381. The molecular formula is C21H21F3N4O3. The normalized spacial score (nSPS) is 12.2. The largest absolute Gasteiger partial charge is 0.493 e. The van der Waals surface area contributed by atoms with Crippen LogP contribution in [0.1, 0.15) is 36.6 Å². The van der Waals surface area contributed by atoms with Crippen LogP contribution in [0, 0.1) is 0 Å². The predicted octanol–water partition coefficient (Wildman–Crippen LogP) is 4.51. The van der Waals surface area contributed by atoms with Crippen LogP contribution in [0.3, 0.4) is 0 Å². The van der Waals surface area contributed by atoms with Gasteiger partial charge in [-0.3, -0.25) is 0 Å². The maximum Gasteiger partial charge on any atom is 0.437 e. The summed E-state index contributed by atoms with van der Waals surface area (Å²) in [6, 6.07) is 8.34. The summed E-state index contributed by atoms with van der Waals surface area (Å²) in [5.74, 6) is 0.496. The van der Waals surface area contributed by atoms with Gasteiger partial charge in [-0.2, -0.15) is 13.2 Å². The minimum atomic E-state index is -4.57. The molecule has 31 heavy (non-hydrogen) atoms. The smallest absolute Gasteiger partial charge is 0.437 e. The second-order valence-electron chi connectivity index (χ2n) is 7.19. The number of nitrogens with zero attached hydrogens (tertiary/aromatic N) is 4. The van der Waals surface area contributed by atoms with Gasteiger partial charge in [-0.1, -0.05) is 29.8 Å². The maximum absolute atomic E-state index is 13.1. The number of rotatable bonds is 8. The van der Waals surface area contributed by atoms with E-state index in [4.69, 9.17) is 9.26 Å². The molecule has 1 N–H and O–H groups in total. The third kappa shape index (κ3) is 4.20. The number of aromatic nitrogens is 4. The highest BCUT2D eigenvalue weighted by atomic mass is 19.4. The van der Waals surface area contributed by atoms with Crippen molar-refractivity contribution in [3.05, 3.63) is 47.2 Å². The molecule has 0 aliphatic heterocycles. The third-order valence-corrected chi connectivity index (χ3v) is 5.00. The van der Waals surface area contributed by atoms with E-state index < -0.39 is 11.9 Å². The maximum atomic E-state index is 13.1. The van der Waals surface area contributed by atoms with Gasteiger partial charge in [-0.05, 0) is 36.2 Å². The van der Waals surface area contributed by atoms with Gasteiger partial charge >= 0.3 is 6.18 Å². The lowest BCUT2D eigenvalue weighted by atomic mass is 10.0. The highest BCUT2D eigenvalue weighted by Crippen LogP contribution is 2.38. The lowest BCUT2D eigenvalue weighted by molar-refractivity contribution is -0.141. The Kier molecular flexibility index (Phi) is 5.81. The molecule has 4 rings (SSSR count). The van der Waals surface area contributed by atoms with Gasteiger partial charge < -0.3 is 14.4 Å². The summed E-state index contributed by atoms with van der Waals surface area (Å²) in [5, 5.41) is 20.6. The highest BCUT2D eigenvalue weighted by Gasteiger charge is 2.37. The van der Waals surface area contributed by atoms with Crippen LogP contribution >= 0.6 is 0 Å². The number of hydrogen-bond donors (Lipinski definition) is 1. The fourth-order valence-electron chi connectivity index (χ4n) is 3.55. The molecule has 2 aromatic carbocycles. The average Bonchev–Trinajstić information content (AvgIpc) is 3.36. The molecule has 0 amide bonds. The molecule has 2 aromatic heterocycles. The quantitative estimate of drug-likeness (QED) is 0.411. The standard InChI is InChI=1S/C21H21F3N4O3/c1-2-4-14-18(8-6-15-19(14)31-26-20(15)21(22,23)24)30-10-3-9-28-17-7-5-13(12-29)11-16(17)25-27-28/h5-8,11,29H,2-4,9-10,12H2,1H3. The van der Waals surface area contributed by atoms with E-state index in [9.17, 15) is 18.3 Å². The Hall–Kier alpha value is -3.14. The molecule has 0 saturated carbocycles. The number of hydrogen-bond acceptors (Lipinski definition) is 6. The van der Waals surface area contributed by atoms with Gasteiger partial charge in [-0.25, -0.2) is 4.68 Å². The van der Waals surface area contributed by atoms with Crippen molar-refractivity contribution in [3.63, 3.8) is 0 Å². The van der Waals surface area contributed by atoms with E-state index in [1.165, 1.54) is 6.07 Å². The van der Waals surface area contributed by atoms with E-state index in [1.54, 1.807) is 16.8 Å². The van der Waals surface area contributed by atoms with E-state index in [-0.39, 0.29) is 17.6 Å². The number of benzene rings is 2. The zero-order chi connectivity index (χ0) is 22.0. The van der Waals surface area contributed by atoms with Gasteiger partial charge in [0.2, 0.25) is 0 Å². The fourth-order valence-corrected chi connectivity index (χ4v) is 3.55. The highest BCUT2D eigenvalue weighted by molar-refractivity contribution is 5.85. The van der Waals surface area contributed by atoms with Crippen LogP contribution in [0.5, 0.6) is 5.75 Å². The van der Waals surface area contributed by atoms with Crippen molar-refractivity contribution in [3.8, 4) is 5.75 Å². The average molecular weight is 434 g/mol. The van der Waals surface area contributed by atoms with Crippen LogP contribution in [0.25, 0.3) is 22.0 Å². The van der Waals surface area contributed by atoms with E-state index in [0.29, 0.717) is 42.8 Å². The predicted molar refractivity (Wildman–Crippen MR) is 107 cm³/mol. The van der Waals surface area contributed by atoms with Crippen molar-refractivity contribution in [2.24, 2.45) is 0 Å². The van der Waals surface area contributed by atoms with Gasteiger partial charge in [0, 0.05) is 18.5 Å². The van der Waals surface area contributed by atoms with E-state index >= 15 is 0 Å². The number of ether oxygens (including phenoxy) is 1. The first-order chi connectivity index (χ1) is 14.9. The lowest BCUT2D eigenvalue weighted by Gasteiger charge is -2.12. The third-order valence-electron chi connectivity index (χ3n) is 5.00. The van der Waals surface area contributed by atoms with Crippen molar-refractivity contribution in [2.45, 2.75) is 45.5 Å². The summed E-state index contributed by atoms with van der Waals surface area (Å²) in [6.07, 6.45) is -2.72. The van der Waals surface area contributed by atoms with Crippen LogP contribution in [-0.4, -0.2) is 31.9 Å². The molecule has 0 radical (unpaired) electrons. The first-order valence-corrected chi connectivity index (χ1v) is 9.96. The molecule has 164 valence electrons. The van der Waals surface area contributed by atoms with Crippen molar-refractivity contribution in [2.75, 3.05) is 6.61 Å². The topological polar surface area (TPSA) is 86.2 Å². The zero-order valence-electron chi connectivity index (χ0n) is 16.8. The van der Waals surface area contributed by atoms with Crippen LogP contribution < -0.4 is 4.74 Å². The molecule has 0 aliphatic rings. The molecule has 10 heteroatoms. The number of fused-ring (bicyclic) bond motifs is 2. The minimum absolute atomic E-state index is 0.0559. The molecule has 4 aromatic rings. The van der Waals surface area contributed by atoms with Gasteiger partial charge in [0.25, 0.3) is 0 Å². The van der Waals surface area contributed by atoms with Gasteiger partial charge in [-0.15, -0.1) is 5.10 Å². The van der Waals surface area contributed by atoms with Gasteiger partial charge in [0.1, 0.15) is 11.3 Å². The molecule has 0 atom stereocenters. The zero-order valence-corrected chi connectivity index (χ0v) is 16.8. The lowest BCUT2D eigenvalue weighted by Crippen LogP contribution is -2.07. The van der Waals surface area contributed by atoms with Gasteiger partial charge in [0.15, 0.2) is 11.3 Å². The molecule has 2 heterocycles. The second kappa shape index (κ2) is 8.54. The molecule has 0 saturated heterocycles. The second-order valence-corrected chi connectivity index (χ2v) is 7.19. The summed E-state index contributed by atoms with van der Waals surface area (Å²) in [7, 11) is 0. The van der Waals surface area contributed by atoms with Crippen molar-refractivity contribution >= 4 is 22.0 Å². The molecular weight excluding hydrogens is 413 g/mol. The summed E-state index contributed by atoms with van der Waals surface area (Å²) in [4.78, 5) is 0. The van der Waals surface area contributed by atoms with Crippen molar-refractivity contribution in [1.82, 2.24) is 20.2 Å². The first-order valence-electron chi connectivity index (χ1n) is 9.96. The Morgan fingerprint density at radius 2 is 2.03 bits per heavy atom. The Balaban J connectivity index is 1.47. The Morgan fingerprint density at radius 3 is 2.77 bits per heavy atom. The SMILES string of the molecule is CCCc1c(OCCCn2nnc3cc(CO)ccc32)ccc2c(C(F)(F)F)noc12. The summed E-state index contributed by atoms with van der Waals surface area (Å²) in [6.45, 7) is 2.78. The minimum Gasteiger partial charge on any atom is -0.493 e. The number of halogens is 3. The van der Waals surface area contributed by atoms with E-state index in [2.05, 4.69) is 15.5 Å². The summed E-state index contributed by atoms with van der Waals surface area (Å²) >= 11 is 0. The molecule has 7 nitrogen and oxygen atoms in total. The summed E-state index contributed by atoms with van der Waals surface area (Å²) in [5.41, 5.74) is 2.01. The van der Waals surface area contributed by atoms with Crippen LogP contribution in [0.2, 0.25) is 0 Å². The van der Waals surface area contributed by atoms with Crippen molar-refractivity contribution in [1.29, 1.82) is 0 Å². The first kappa shape index (κ1) is 21.1. The number of aliphatic hydroxyl groups is 1. The number of aryl methyl sites for hydroxylation is 2. The van der Waals surface area contributed by atoms with E-state index in [0.717, 1.165) is 17.5 Å². The molecule has 0 bridgehead atoms. The Morgan fingerprint density at radius 1 is 1.19 bits per heavy atom. The molecule has 0 unspecified atom stereocenters. The van der Waals surface area contributed by atoms with Gasteiger partial charge in [0.05, 0.1) is 24.1 Å². The van der Waals surface area contributed by atoms with Crippen LogP contribution in [-0.2, 0) is 25.7 Å². The molecule has 0 spiro atoms. The van der Waals surface area contributed by atoms with Crippen LogP contribution in [0.15, 0.2) is 34.9 Å². The Labute approximate surface area is 175 Å². The Bertz CT molecular complexity index is 1200. The van der Waals surface area contributed by atoms with Crippen molar-refractivity contribution < 1.29 is 27.5 Å². The van der Waals surface area contributed by atoms with Crippen LogP contribution in [0.4, 0.5) is 13.2 Å². The number of aliphatic hydroxyl groups excluding tert-OH is 1. The molecule has 0 fully saturated rings. The summed E-state index contributed by atoms with van der Waals surface area (Å²) < 4.78 is 52.0. The number of alkyl halides is 3.